The van der Waals surface area contributed by atoms with Crippen molar-refractivity contribution in [2.75, 3.05) is 0 Å². The highest BCUT2D eigenvalue weighted by Gasteiger charge is 2.06. The van der Waals surface area contributed by atoms with Crippen LogP contribution in [-0.4, -0.2) is 5.12 Å². The quantitative estimate of drug-likeness (QED) is 0.639. The minimum Gasteiger partial charge on any atom is -0.282 e. The first kappa shape index (κ1) is 8.27. The van der Waals surface area contributed by atoms with Gasteiger partial charge >= 0.3 is 0 Å². The molecule has 11 heavy (non-hydrogen) atoms. The lowest BCUT2D eigenvalue weighted by atomic mass is 10.1. The molecule has 1 rings (SSSR count). The summed E-state index contributed by atoms with van der Waals surface area (Å²) in [5.74, 6) is -0.370. The minimum atomic E-state index is -0.401. The van der Waals surface area contributed by atoms with Gasteiger partial charge in [0.1, 0.15) is 5.82 Å². The van der Waals surface area contributed by atoms with Crippen molar-refractivity contribution in [3.05, 3.63) is 35.1 Å². The molecule has 0 bridgehead atoms. The van der Waals surface area contributed by atoms with E-state index in [0.717, 1.165) is 0 Å². The second-order valence-corrected chi connectivity index (χ2v) is 2.62. The van der Waals surface area contributed by atoms with Gasteiger partial charge in [0.2, 0.25) is 5.12 Å². The van der Waals surface area contributed by atoms with E-state index in [-0.39, 0.29) is 5.82 Å². The number of benzene rings is 1. The monoisotopic (exact) mass is 170 g/mol. The van der Waals surface area contributed by atoms with Crippen molar-refractivity contribution in [3.8, 4) is 0 Å². The molecule has 1 aromatic carbocycles. The molecule has 1 nitrogen and oxygen atoms in total. The van der Waals surface area contributed by atoms with E-state index >= 15 is 0 Å². The molecule has 0 aromatic heterocycles. The number of hydrogen-bond acceptors (Lipinski definition) is 1. The maximum Gasteiger partial charge on any atom is 0.216 e. The van der Waals surface area contributed by atoms with E-state index < -0.39 is 5.12 Å². The summed E-state index contributed by atoms with van der Waals surface area (Å²) in [5, 5.41) is -0.401. The second-order valence-electron chi connectivity index (χ2n) is 2.22. The molecule has 0 atom stereocenters. The first-order valence-electron chi connectivity index (χ1n) is 3.11. The molecule has 0 saturated carbocycles. The Hall–Kier alpha value is -0.830. The van der Waals surface area contributed by atoms with E-state index in [9.17, 15) is 9.18 Å². The number of thiol groups is 1. The number of carbonyl (C=O) groups excluding carboxylic acids is 1. The van der Waals surface area contributed by atoms with E-state index in [1.54, 1.807) is 13.0 Å². The summed E-state index contributed by atoms with van der Waals surface area (Å²) in [7, 11) is 0. The Kier molecular flexibility index (Phi) is 2.29. The van der Waals surface area contributed by atoms with Crippen molar-refractivity contribution < 1.29 is 9.18 Å². The second kappa shape index (κ2) is 3.05. The van der Waals surface area contributed by atoms with Crippen LogP contribution in [0.15, 0.2) is 18.2 Å². The van der Waals surface area contributed by atoms with Gasteiger partial charge in [-0.05, 0) is 18.6 Å². The largest absolute Gasteiger partial charge is 0.282 e. The van der Waals surface area contributed by atoms with Gasteiger partial charge in [-0.15, -0.1) is 12.6 Å². The Morgan fingerprint density at radius 3 is 2.64 bits per heavy atom. The molecule has 0 radical (unpaired) electrons. The number of rotatable bonds is 1. The van der Waals surface area contributed by atoms with Crippen LogP contribution in [0.1, 0.15) is 15.9 Å². The molecule has 0 N–H and O–H groups in total. The molecule has 1 aromatic rings. The van der Waals surface area contributed by atoms with E-state index in [4.69, 9.17) is 0 Å². The summed E-state index contributed by atoms with van der Waals surface area (Å²) < 4.78 is 12.8. The normalized spacial score (nSPS) is 9.73. The maximum absolute atomic E-state index is 12.8. The van der Waals surface area contributed by atoms with Crippen LogP contribution in [0.25, 0.3) is 0 Å². The van der Waals surface area contributed by atoms with E-state index in [0.29, 0.717) is 11.1 Å². The summed E-state index contributed by atoms with van der Waals surface area (Å²) in [6, 6.07) is 4.36. The third-order valence-corrected chi connectivity index (χ3v) is 1.74. The number of halogens is 1. The molecule has 58 valence electrons. The fourth-order valence-electron chi connectivity index (χ4n) is 0.839. The molecule has 0 spiro atoms. The molecular formula is C8H7FOS. The van der Waals surface area contributed by atoms with Crippen molar-refractivity contribution in [1.82, 2.24) is 0 Å². The Bertz CT molecular complexity index is 296. The van der Waals surface area contributed by atoms with Crippen molar-refractivity contribution in [3.63, 3.8) is 0 Å². The Labute approximate surface area is 69.6 Å². The fourth-order valence-corrected chi connectivity index (χ4v) is 1.08. The van der Waals surface area contributed by atoms with Crippen LogP contribution < -0.4 is 0 Å². The van der Waals surface area contributed by atoms with Gasteiger partial charge in [-0.3, -0.25) is 4.79 Å². The smallest absolute Gasteiger partial charge is 0.216 e. The van der Waals surface area contributed by atoms with E-state index in [2.05, 4.69) is 12.6 Å². The first-order valence-corrected chi connectivity index (χ1v) is 3.56. The molecule has 0 unspecified atom stereocenters. The molecule has 0 amide bonds. The van der Waals surface area contributed by atoms with Crippen molar-refractivity contribution in [2.24, 2.45) is 0 Å². The number of carbonyl (C=O) groups is 1. The summed E-state index contributed by atoms with van der Waals surface area (Å²) in [4.78, 5) is 10.7. The van der Waals surface area contributed by atoms with Gasteiger partial charge in [-0.25, -0.2) is 4.39 Å². The number of hydrogen-bond donors (Lipinski definition) is 1. The highest BCUT2D eigenvalue weighted by Crippen LogP contribution is 2.13. The van der Waals surface area contributed by atoms with Crippen LogP contribution >= 0.6 is 12.6 Å². The summed E-state index contributed by atoms with van der Waals surface area (Å²) >= 11 is 3.60. The summed E-state index contributed by atoms with van der Waals surface area (Å²) in [5.41, 5.74) is 0.681. The van der Waals surface area contributed by atoms with Crippen molar-refractivity contribution in [2.45, 2.75) is 6.92 Å². The van der Waals surface area contributed by atoms with Gasteiger partial charge in [0.25, 0.3) is 0 Å². The standard InChI is InChI=1S/C8H7FOS/c1-5-6(8(10)11)3-2-4-7(5)9/h2-4H,1H3,(H,10,11). The SMILES string of the molecule is Cc1c(F)cccc1C(=O)S. The van der Waals surface area contributed by atoms with Crippen LogP contribution in [-0.2, 0) is 0 Å². The molecule has 0 aliphatic rings. The third-order valence-electron chi connectivity index (χ3n) is 1.50. The van der Waals surface area contributed by atoms with Gasteiger partial charge in [-0.2, -0.15) is 0 Å². The van der Waals surface area contributed by atoms with Crippen LogP contribution in [0, 0.1) is 12.7 Å². The Morgan fingerprint density at radius 1 is 1.55 bits per heavy atom. The predicted molar refractivity (Wildman–Crippen MR) is 44.5 cm³/mol. The molecule has 0 heterocycles. The summed E-state index contributed by atoms with van der Waals surface area (Å²) in [6.07, 6.45) is 0. The average Bonchev–Trinajstić information content (AvgIpc) is 1.94. The average molecular weight is 170 g/mol. The minimum absolute atomic E-state index is 0.327. The van der Waals surface area contributed by atoms with E-state index in [1.165, 1.54) is 12.1 Å². The van der Waals surface area contributed by atoms with Crippen LogP contribution in [0.5, 0.6) is 0 Å². The molecule has 0 fully saturated rings. The zero-order valence-electron chi connectivity index (χ0n) is 5.97. The molecule has 0 aliphatic heterocycles. The van der Waals surface area contributed by atoms with Gasteiger partial charge in [0.15, 0.2) is 0 Å². The summed E-state index contributed by atoms with van der Waals surface area (Å²) in [6.45, 7) is 1.55. The lowest BCUT2D eigenvalue weighted by Crippen LogP contribution is -1.95. The lowest BCUT2D eigenvalue weighted by Gasteiger charge is -2.00. The Balaban J connectivity index is 3.27. The lowest BCUT2D eigenvalue weighted by molar-refractivity contribution is 0.109. The highest BCUT2D eigenvalue weighted by atomic mass is 32.1. The zero-order chi connectivity index (χ0) is 8.43. The maximum atomic E-state index is 12.8. The van der Waals surface area contributed by atoms with Crippen molar-refractivity contribution >= 4 is 17.7 Å². The van der Waals surface area contributed by atoms with Crippen molar-refractivity contribution in [1.29, 1.82) is 0 Å². The van der Waals surface area contributed by atoms with E-state index in [1.807, 2.05) is 0 Å². The topological polar surface area (TPSA) is 17.1 Å². The van der Waals surface area contributed by atoms with Crippen LogP contribution in [0.2, 0.25) is 0 Å². The zero-order valence-corrected chi connectivity index (χ0v) is 6.86. The third kappa shape index (κ3) is 1.60. The molecular weight excluding hydrogens is 163 g/mol. The highest BCUT2D eigenvalue weighted by molar-refractivity contribution is 7.97. The van der Waals surface area contributed by atoms with Gasteiger partial charge < -0.3 is 0 Å². The predicted octanol–water partition coefficient (Wildman–Crippen LogP) is 2.20. The molecule has 3 heteroatoms. The first-order chi connectivity index (χ1) is 5.13. The van der Waals surface area contributed by atoms with Gasteiger partial charge in [-0.1, -0.05) is 12.1 Å². The van der Waals surface area contributed by atoms with Crippen LogP contribution in [0.4, 0.5) is 4.39 Å². The van der Waals surface area contributed by atoms with Crippen LogP contribution in [0.3, 0.4) is 0 Å². The molecule has 0 aliphatic carbocycles. The fraction of sp³-hybridized carbons (Fsp3) is 0.125. The molecule has 0 saturated heterocycles. The Morgan fingerprint density at radius 2 is 2.18 bits per heavy atom. The van der Waals surface area contributed by atoms with Gasteiger partial charge in [0.05, 0.1) is 0 Å². The van der Waals surface area contributed by atoms with Gasteiger partial charge in [0, 0.05) is 5.56 Å².